The summed E-state index contributed by atoms with van der Waals surface area (Å²) in [6, 6.07) is 7.49. The van der Waals surface area contributed by atoms with Crippen molar-refractivity contribution in [2.75, 3.05) is 5.32 Å². The van der Waals surface area contributed by atoms with Gasteiger partial charge in [0.15, 0.2) is 5.13 Å². The fraction of sp³-hybridized carbons (Fsp3) is 0.474. The summed E-state index contributed by atoms with van der Waals surface area (Å²) in [6.45, 7) is 1.97. The zero-order chi connectivity index (χ0) is 17.4. The molecule has 4 nitrogen and oxygen atoms in total. The van der Waals surface area contributed by atoms with Gasteiger partial charge in [0.1, 0.15) is 5.82 Å². The van der Waals surface area contributed by atoms with Crippen LogP contribution in [0.3, 0.4) is 0 Å². The highest BCUT2D eigenvalue weighted by atomic mass is 32.1. The molecule has 132 valence electrons. The number of hydrogen-bond donors (Lipinski definition) is 2. The van der Waals surface area contributed by atoms with Gasteiger partial charge in [-0.25, -0.2) is 9.37 Å². The maximum absolute atomic E-state index is 13.1. The molecule has 2 saturated heterocycles. The van der Waals surface area contributed by atoms with Gasteiger partial charge in [0.05, 0.1) is 5.69 Å². The lowest BCUT2D eigenvalue weighted by molar-refractivity contribution is -0.117. The van der Waals surface area contributed by atoms with Crippen molar-refractivity contribution in [2.24, 2.45) is 5.92 Å². The number of anilines is 1. The van der Waals surface area contributed by atoms with Crippen LogP contribution in [0.5, 0.6) is 0 Å². The number of carbonyl (C=O) groups is 1. The van der Waals surface area contributed by atoms with Gasteiger partial charge in [-0.05, 0) is 62.8 Å². The van der Waals surface area contributed by atoms with Crippen molar-refractivity contribution in [1.29, 1.82) is 0 Å². The van der Waals surface area contributed by atoms with Crippen molar-refractivity contribution in [2.45, 2.75) is 51.1 Å². The van der Waals surface area contributed by atoms with Crippen LogP contribution in [0.25, 0.3) is 11.3 Å². The lowest BCUT2D eigenvalue weighted by Gasteiger charge is -2.28. The van der Waals surface area contributed by atoms with Crippen molar-refractivity contribution in [1.82, 2.24) is 10.3 Å². The number of halogens is 1. The van der Waals surface area contributed by atoms with E-state index in [4.69, 9.17) is 0 Å². The van der Waals surface area contributed by atoms with E-state index >= 15 is 0 Å². The minimum Gasteiger partial charge on any atom is -0.311 e. The summed E-state index contributed by atoms with van der Waals surface area (Å²) >= 11 is 1.47. The van der Waals surface area contributed by atoms with E-state index in [9.17, 15) is 9.18 Å². The molecule has 2 aromatic rings. The predicted octanol–water partition coefficient (Wildman–Crippen LogP) is 4.12. The lowest BCUT2D eigenvalue weighted by Crippen LogP contribution is -2.39. The Hall–Kier alpha value is -1.79. The topological polar surface area (TPSA) is 54.0 Å². The standard InChI is InChI=1S/C19H22FN3OS/c1-11-18(13-2-4-14(20)5-3-13)23-19(25-11)22-17(24)10-12-8-15-6-7-16(9-12)21-15/h2-5,12,15-16,21H,6-10H2,1H3,(H,22,23,24). The first kappa shape index (κ1) is 16.7. The highest BCUT2D eigenvalue weighted by Gasteiger charge is 2.34. The molecule has 2 fully saturated rings. The third-order valence-electron chi connectivity index (χ3n) is 5.21. The van der Waals surface area contributed by atoms with Crippen LogP contribution in [0.1, 0.15) is 37.0 Å². The van der Waals surface area contributed by atoms with Crippen LogP contribution in [0.15, 0.2) is 24.3 Å². The number of carbonyl (C=O) groups excluding carboxylic acids is 1. The summed E-state index contributed by atoms with van der Waals surface area (Å²) in [4.78, 5) is 18.0. The molecule has 0 aliphatic carbocycles. The Morgan fingerprint density at radius 1 is 1.28 bits per heavy atom. The van der Waals surface area contributed by atoms with Crippen molar-refractivity contribution >= 4 is 22.4 Å². The van der Waals surface area contributed by atoms with Crippen LogP contribution in [-0.2, 0) is 4.79 Å². The van der Waals surface area contributed by atoms with Gasteiger partial charge in [-0.1, -0.05) is 0 Å². The number of nitrogens with one attached hydrogen (secondary N) is 2. The van der Waals surface area contributed by atoms with Crippen LogP contribution >= 0.6 is 11.3 Å². The van der Waals surface area contributed by atoms with Crippen LogP contribution < -0.4 is 10.6 Å². The molecule has 4 rings (SSSR count). The molecule has 1 aromatic heterocycles. The van der Waals surface area contributed by atoms with Gasteiger partial charge in [0, 0.05) is 28.9 Å². The van der Waals surface area contributed by atoms with E-state index in [2.05, 4.69) is 15.6 Å². The minimum atomic E-state index is -0.263. The van der Waals surface area contributed by atoms with Gasteiger partial charge in [-0.3, -0.25) is 4.79 Å². The van der Waals surface area contributed by atoms with Crippen molar-refractivity contribution in [3.8, 4) is 11.3 Å². The molecule has 25 heavy (non-hydrogen) atoms. The molecular weight excluding hydrogens is 337 g/mol. The van der Waals surface area contributed by atoms with Gasteiger partial charge < -0.3 is 10.6 Å². The van der Waals surface area contributed by atoms with Crippen LogP contribution in [0.4, 0.5) is 9.52 Å². The molecule has 3 heterocycles. The quantitative estimate of drug-likeness (QED) is 0.863. The van der Waals surface area contributed by atoms with E-state index < -0.39 is 0 Å². The van der Waals surface area contributed by atoms with Crippen molar-refractivity contribution < 1.29 is 9.18 Å². The van der Waals surface area contributed by atoms with E-state index in [1.54, 1.807) is 12.1 Å². The van der Waals surface area contributed by atoms with E-state index in [-0.39, 0.29) is 11.7 Å². The number of thiazole rings is 1. The molecule has 0 radical (unpaired) electrons. The normalized spacial score (nSPS) is 25.1. The second-order valence-corrected chi connectivity index (χ2v) is 8.36. The summed E-state index contributed by atoms with van der Waals surface area (Å²) in [5.74, 6) is 0.253. The highest BCUT2D eigenvalue weighted by Crippen LogP contribution is 2.34. The first-order valence-corrected chi connectivity index (χ1v) is 9.68. The molecule has 2 unspecified atom stereocenters. The molecule has 2 atom stereocenters. The second-order valence-electron chi connectivity index (χ2n) is 7.16. The molecule has 6 heteroatoms. The Balaban J connectivity index is 1.40. The first-order chi connectivity index (χ1) is 12.1. The van der Waals surface area contributed by atoms with Gasteiger partial charge in [0.25, 0.3) is 0 Å². The number of aromatic nitrogens is 1. The first-order valence-electron chi connectivity index (χ1n) is 8.86. The third kappa shape index (κ3) is 3.75. The summed E-state index contributed by atoms with van der Waals surface area (Å²) < 4.78 is 13.1. The van der Waals surface area contributed by atoms with Gasteiger partial charge in [0.2, 0.25) is 5.91 Å². The summed E-state index contributed by atoms with van der Waals surface area (Å²) in [5, 5.41) is 7.19. The fourth-order valence-electron chi connectivity index (χ4n) is 4.10. The van der Waals surface area contributed by atoms with E-state index in [1.165, 1.54) is 36.3 Å². The fourth-order valence-corrected chi connectivity index (χ4v) is 4.95. The summed E-state index contributed by atoms with van der Waals surface area (Å²) in [6.07, 6.45) is 5.26. The minimum absolute atomic E-state index is 0.0470. The van der Waals surface area contributed by atoms with Crippen molar-refractivity contribution in [3.63, 3.8) is 0 Å². The molecule has 2 N–H and O–H groups in total. The zero-order valence-electron chi connectivity index (χ0n) is 14.2. The highest BCUT2D eigenvalue weighted by molar-refractivity contribution is 7.16. The number of nitrogens with zero attached hydrogens (tertiary/aromatic N) is 1. The number of hydrogen-bond acceptors (Lipinski definition) is 4. The number of piperidine rings is 1. The van der Waals surface area contributed by atoms with Crippen LogP contribution in [0, 0.1) is 18.7 Å². The Labute approximate surface area is 150 Å². The summed E-state index contributed by atoms with van der Waals surface area (Å²) in [7, 11) is 0. The lowest BCUT2D eigenvalue weighted by atomic mass is 9.89. The predicted molar refractivity (Wildman–Crippen MR) is 98.2 cm³/mol. The van der Waals surface area contributed by atoms with Crippen molar-refractivity contribution in [3.05, 3.63) is 35.0 Å². The maximum Gasteiger partial charge on any atom is 0.226 e. The smallest absolute Gasteiger partial charge is 0.226 e. The Morgan fingerprint density at radius 2 is 1.96 bits per heavy atom. The molecular formula is C19H22FN3OS. The second kappa shape index (κ2) is 6.84. The number of amides is 1. The van der Waals surface area contributed by atoms with E-state index in [0.717, 1.165) is 29.0 Å². The molecule has 0 spiro atoms. The maximum atomic E-state index is 13.1. The summed E-state index contributed by atoms with van der Waals surface area (Å²) in [5.41, 5.74) is 1.67. The molecule has 1 aromatic carbocycles. The number of benzene rings is 1. The van der Waals surface area contributed by atoms with Gasteiger partial charge in [-0.2, -0.15) is 0 Å². The molecule has 2 aliphatic rings. The average Bonchev–Trinajstić information content (AvgIpc) is 3.10. The van der Waals surface area contributed by atoms with Crippen LogP contribution in [0.2, 0.25) is 0 Å². The number of aryl methyl sites for hydroxylation is 1. The number of fused-ring (bicyclic) bond motifs is 2. The molecule has 1 amide bonds. The van der Waals surface area contributed by atoms with Gasteiger partial charge >= 0.3 is 0 Å². The Bertz CT molecular complexity index is 761. The van der Waals surface area contributed by atoms with Gasteiger partial charge in [-0.15, -0.1) is 11.3 Å². The number of rotatable bonds is 4. The third-order valence-corrected chi connectivity index (χ3v) is 6.09. The molecule has 0 saturated carbocycles. The van der Waals surface area contributed by atoms with Crippen LogP contribution in [-0.4, -0.2) is 23.0 Å². The SMILES string of the molecule is Cc1sc(NC(=O)CC2CC3CCC(C2)N3)nc1-c1ccc(F)cc1. The Kier molecular flexibility index (Phi) is 4.56. The largest absolute Gasteiger partial charge is 0.311 e. The van der Waals surface area contributed by atoms with E-state index in [1.807, 2.05) is 6.92 Å². The zero-order valence-corrected chi connectivity index (χ0v) is 15.0. The molecule has 2 aliphatic heterocycles. The monoisotopic (exact) mass is 359 g/mol. The average molecular weight is 359 g/mol. The van der Waals surface area contributed by atoms with E-state index in [0.29, 0.717) is 29.6 Å². The Morgan fingerprint density at radius 3 is 2.64 bits per heavy atom. The molecule has 2 bridgehead atoms.